The van der Waals surface area contributed by atoms with E-state index in [1.165, 1.54) is 18.9 Å². The Bertz CT molecular complexity index is 646. The number of ether oxygens (including phenoxy) is 1. The number of halogens is 2. The van der Waals surface area contributed by atoms with E-state index < -0.39 is 11.6 Å². The lowest BCUT2D eigenvalue weighted by Crippen LogP contribution is -2.19. The molecule has 0 N–H and O–H groups in total. The molecular formula is C20H22F2O. The topological polar surface area (TPSA) is 9.23 Å². The van der Waals surface area contributed by atoms with E-state index >= 15 is 0 Å². The predicted octanol–water partition coefficient (Wildman–Crippen LogP) is 5.84. The van der Waals surface area contributed by atoms with E-state index in [1.54, 1.807) is 30.3 Å². The third kappa shape index (κ3) is 3.72. The maximum Gasteiger partial charge on any atom is 0.201 e. The van der Waals surface area contributed by atoms with Crippen molar-refractivity contribution in [2.45, 2.75) is 32.6 Å². The molecule has 0 saturated heterocycles. The molecule has 0 aromatic heterocycles. The van der Waals surface area contributed by atoms with Gasteiger partial charge in [0.05, 0.1) is 6.61 Å². The molecule has 0 aliphatic heterocycles. The van der Waals surface area contributed by atoms with Crippen LogP contribution in [-0.4, -0.2) is 6.61 Å². The van der Waals surface area contributed by atoms with Gasteiger partial charge in [-0.1, -0.05) is 50.1 Å². The Morgan fingerprint density at radius 3 is 2.30 bits per heavy atom. The molecule has 0 radical (unpaired) electrons. The molecule has 1 nitrogen and oxygen atoms in total. The summed E-state index contributed by atoms with van der Waals surface area (Å²) in [6.07, 6.45) is 4.59. The molecule has 23 heavy (non-hydrogen) atoms. The van der Waals surface area contributed by atoms with Gasteiger partial charge in [0.2, 0.25) is 5.82 Å². The first kappa shape index (κ1) is 16.0. The van der Waals surface area contributed by atoms with Crippen molar-refractivity contribution in [3.05, 3.63) is 54.1 Å². The molecule has 3 rings (SSSR count). The van der Waals surface area contributed by atoms with Crippen LogP contribution < -0.4 is 4.74 Å². The lowest BCUT2D eigenvalue weighted by Gasteiger charge is -2.26. The van der Waals surface area contributed by atoms with Crippen LogP contribution in [0.4, 0.5) is 8.78 Å². The Balaban J connectivity index is 1.70. The third-order valence-electron chi connectivity index (χ3n) is 4.74. The average Bonchev–Trinajstić information content (AvgIpc) is 2.58. The van der Waals surface area contributed by atoms with Crippen LogP contribution >= 0.6 is 0 Å². The van der Waals surface area contributed by atoms with Gasteiger partial charge in [-0.2, -0.15) is 4.39 Å². The van der Waals surface area contributed by atoms with E-state index in [4.69, 9.17) is 4.74 Å². The van der Waals surface area contributed by atoms with Crippen LogP contribution in [0.25, 0.3) is 11.1 Å². The van der Waals surface area contributed by atoms with E-state index in [2.05, 4.69) is 6.92 Å². The summed E-state index contributed by atoms with van der Waals surface area (Å²) < 4.78 is 34.1. The van der Waals surface area contributed by atoms with Gasteiger partial charge in [0.1, 0.15) is 0 Å². The molecule has 1 aliphatic carbocycles. The first-order valence-electron chi connectivity index (χ1n) is 8.31. The Labute approximate surface area is 136 Å². The molecular weight excluding hydrogens is 294 g/mol. The Kier molecular flexibility index (Phi) is 4.94. The minimum absolute atomic E-state index is 0.0146. The summed E-state index contributed by atoms with van der Waals surface area (Å²) in [5.74, 6) is -0.504. The molecule has 1 fully saturated rings. The standard InChI is InChI=1S/C20H22F2O/c1-14-7-9-15(10-8-14)13-23-18-12-11-17(19(21)20(18)22)16-5-3-2-4-6-16/h2-6,11-12,14-15H,7-10,13H2,1H3. The van der Waals surface area contributed by atoms with Crippen molar-refractivity contribution < 1.29 is 13.5 Å². The zero-order valence-corrected chi connectivity index (χ0v) is 13.4. The van der Waals surface area contributed by atoms with Crippen molar-refractivity contribution in [2.24, 2.45) is 11.8 Å². The predicted molar refractivity (Wildman–Crippen MR) is 88.4 cm³/mol. The SMILES string of the molecule is CC1CCC(COc2ccc(-c3ccccc3)c(F)c2F)CC1. The Morgan fingerprint density at radius 1 is 0.913 bits per heavy atom. The highest BCUT2D eigenvalue weighted by Crippen LogP contribution is 2.32. The van der Waals surface area contributed by atoms with Crippen LogP contribution in [0.3, 0.4) is 0 Å². The van der Waals surface area contributed by atoms with Crippen molar-refractivity contribution in [1.82, 2.24) is 0 Å². The molecule has 1 saturated carbocycles. The van der Waals surface area contributed by atoms with Crippen LogP contribution in [-0.2, 0) is 0 Å². The van der Waals surface area contributed by atoms with Crippen LogP contribution in [0, 0.1) is 23.5 Å². The molecule has 0 bridgehead atoms. The number of hydrogen-bond donors (Lipinski definition) is 0. The fourth-order valence-electron chi connectivity index (χ4n) is 3.19. The normalized spacial score (nSPS) is 21.2. The summed E-state index contributed by atoms with van der Waals surface area (Å²) in [5, 5.41) is 0. The summed E-state index contributed by atoms with van der Waals surface area (Å²) in [6, 6.07) is 12.1. The molecule has 0 unspecified atom stereocenters. The van der Waals surface area contributed by atoms with Crippen molar-refractivity contribution in [3.63, 3.8) is 0 Å². The minimum atomic E-state index is -0.893. The molecule has 0 heterocycles. The van der Waals surface area contributed by atoms with Gasteiger partial charge in [-0.3, -0.25) is 0 Å². The summed E-state index contributed by atoms with van der Waals surface area (Å²) in [7, 11) is 0. The van der Waals surface area contributed by atoms with Crippen molar-refractivity contribution in [2.75, 3.05) is 6.61 Å². The molecule has 2 aromatic rings. The molecule has 0 spiro atoms. The first-order chi connectivity index (χ1) is 11.1. The molecule has 3 heteroatoms. The Morgan fingerprint density at radius 2 is 1.61 bits per heavy atom. The van der Waals surface area contributed by atoms with Gasteiger partial charge in [0.15, 0.2) is 11.6 Å². The summed E-state index contributed by atoms with van der Waals surface area (Å²) in [5.41, 5.74) is 0.929. The quantitative estimate of drug-likeness (QED) is 0.689. The summed E-state index contributed by atoms with van der Waals surface area (Å²) in [6.45, 7) is 2.72. The number of rotatable bonds is 4. The van der Waals surface area contributed by atoms with Crippen LogP contribution in [0.2, 0.25) is 0 Å². The average molecular weight is 316 g/mol. The van der Waals surface area contributed by atoms with Gasteiger partial charge in [-0.15, -0.1) is 0 Å². The van der Waals surface area contributed by atoms with Crippen molar-refractivity contribution >= 4 is 0 Å². The van der Waals surface area contributed by atoms with Gasteiger partial charge < -0.3 is 4.74 Å². The highest BCUT2D eigenvalue weighted by Gasteiger charge is 2.20. The highest BCUT2D eigenvalue weighted by molar-refractivity contribution is 5.65. The zero-order chi connectivity index (χ0) is 16.2. The Hall–Kier alpha value is -1.90. The largest absolute Gasteiger partial charge is 0.490 e. The van der Waals surface area contributed by atoms with Crippen LogP contribution in [0.15, 0.2) is 42.5 Å². The van der Waals surface area contributed by atoms with Gasteiger partial charge in [-0.25, -0.2) is 4.39 Å². The highest BCUT2D eigenvalue weighted by atomic mass is 19.2. The van der Waals surface area contributed by atoms with Gasteiger partial charge in [-0.05, 0) is 42.4 Å². The summed E-state index contributed by atoms with van der Waals surface area (Å²) in [4.78, 5) is 0. The minimum Gasteiger partial charge on any atom is -0.490 e. The van der Waals surface area contributed by atoms with E-state index in [0.29, 0.717) is 18.1 Å². The van der Waals surface area contributed by atoms with Crippen LogP contribution in [0.1, 0.15) is 32.6 Å². The fourth-order valence-corrected chi connectivity index (χ4v) is 3.19. The molecule has 0 atom stereocenters. The molecule has 2 aromatic carbocycles. The maximum absolute atomic E-state index is 14.3. The van der Waals surface area contributed by atoms with E-state index in [1.807, 2.05) is 6.07 Å². The number of benzene rings is 2. The van der Waals surface area contributed by atoms with Gasteiger partial charge in [0.25, 0.3) is 0 Å². The van der Waals surface area contributed by atoms with E-state index in [0.717, 1.165) is 18.8 Å². The first-order valence-corrected chi connectivity index (χ1v) is 8.31. The molecule has 0 amide bonds. The van der Waals surface area contributed by atoms with E-state index in [-0.39, 0.29) is 11.3 Å². The van der Waals surface area contributed by atoms with Gasteiger partial charge >= 0.3 is 0 Å². The molecule has 122 valence electrons. The monoisotopic (exact) mass is 316 g/mol. The summed E-state index contributed by atoms with van der Waals surface area (Å²) >= 11 is 0. The second-order valence-corrected chi connectivity index (χ2v) is 6.54. The fraction of sp³-hybridized carbons (Fsp3) is 0.400. The lowest BCUT2D eigenvalue weighted by molar-refractivity contribution is 0.182. The van der Waals surface area contributed by atoms with Crippen molar-refractivity contribution in [3.8, 4) is 16.9 Å². The lowest BCUT2D eigenvalue weighted by atomic mass is 9.83. The molecule has 1 aliphatic rings. The van der Waals surface area contributed by atoms with Crippen molar-refractivity contribution in [1.29, 1.82) is 0 Å². The third-order valence-corrected chi connectivity index (χ3v) is 4.74. The zero-order valence-electron chi connectivity index (χ0n) is 13.4. The maximum atomic E-state index is 14.3. The van der Waals surface area contributed by atoms with Crippen LogP contribution in [0.5, 0.6) is 5.75 Å². The second kappa shape index (κ2) is 7.12. The smallest absolute Gasteiger partial charge is 0.201 e. The van der Waals surface area contributed by atoms with E-state index in [9.17, 15) is 8.78 Å². The second-order valence-electron chi connectivity index (χ2n) is 6.54. The van der Waals surface area contributed by atoms with Gasteiger partial charge in [0, 0.05) is 5.56 Å². The number of hydrogen-bond acceptors (Lipinski definition) is 1.